The zero-order chi connectivity index (χ0) is 15.5. The van der Waals surface area contributed by atoms with E-state index in [0.717, 1.165) is 41.0 Å². The second-order valence-electron chi connectivity index (χ2n) is 5.35. The van der Waals surface area contributed by atoms with Crippen molar-refractivity contribution in [3.8, 4) is 11.1 Å². The quantitative estimate of drug-likeness (QED) is 0.559. The van der Waals surface area contributed by atoms with Gasteiger partial charge in [0.25, 0.3) is 0 Å². The molecule has 5 heteroatoms. The normalized spacial score (nSPS) is 11.1. The molecule has 1 aromatic carbocycles. The third-order valence-electron chi connectivity index (χ3n) is 3.76. The van der Waals surface area contributed by atoms with Gasteiger partial charge in [-0.25, -0.2) is 15.0 Å². The van der Waals surface area contributed by atoms with Crippen LogP contribution in [-0.4, -0.2) is 19.5 Å². The summed E-state index contributed by atoms with van der Waals surface area (Å²) in [5.74, 6) is 0.860. The molecule has 0 atom stereocenters. The van der Waals surface area contributed by atoms with E-state index >= 15 is 0 Å². The number of hydrogen-bond donors (Lipinski definition) is 0. The molecule has 0 spiro atoms. The second-order valence-corrected chi connectivity index (χ2v) is 6.21. The summed E-state index contributed by atoms with van der Waals surface area (Å²) in [6.45, 7) is 0.932. The molecule has 113 valence electrons. The van der Waals surface area contributed by atoms with Crippen LogP contribution in [0.15, 0.2) is 54.4 Å². The summed E-state index contributed by atoms with van der Waals surface area (Å²) < 4.78 is 2.07. The van der Waals surface area contributed by atoms with E-state index in [1.165, 1.54) is 5.56 Å². The predicted molar refractivity (Wildman–Crippen MR) is 92.2 cm³/mol. The van der Waals surface area contributed by atoms with Gasteiger partial charge in [-0.05, 0) is 12.0 Å². The van der Waals surface area contributed by atoms with Gasteiger partial charge in [0.1, 0.15) is 16.9 Å². The minimum Gasteiger partial charge on any atom is -0.337 e. The van der Waals surface area contributed by atoms with E-state index in [4.69, 9.17) is 4.98 Å². The lowest BCUT2D eigenvalue weighted by Crippen LogP contribution is -2.00. The van der Waals surface area contributed by atoms with Crippen LogP contribution in [0, 0.1) is 6.20 Å². The minimum absolute atomic E-state index is 0.850. The second kappa shape index (κ2) is 6.30. The maximum atomic E-state index is 4.69. The van der Waals surface area contributed by atoms with Crippen molar-refractivity contribution in [2.24, 2.45) is 0 Å². The van der Waals surface area contributed by atoms with Gasteiger partial charge in [0, 0.05) is 41.7 Å². The van der Waals surface area contributed by atoms with Crippen LogP contribution >= 0.6 is 11.3 Å². The molecule has 4 aromatic rings. The van der Waals surface area contributed by atoms with Crippen molar-refractivity contribution in [3.63, 3.8) is 0 Å². The highest BCUT2D eigenvalue weighted by molar-refractivity contribution is 7.17. The van der Waals surface area contributed by atoms with Crippen LogP contribution in [0.3, 0.4) is 0 Å². The van der Waals surface area contributed by atoms with Crippen molar-refractivity contribution in [1.82, 2.24) is 19.5 Å². The molecule has 4 nitrogen and oxygen atoms in total. The molecule has 1 radical (unpaired) electrons. The highest BCUT2D eigenvalue weighted by Crippen LogP contribution is 2.32. The SMILES string of the molecule is [c]1nc(CCCn2ccnc2)nc2scc(-c3ccccc3)c12. The van der Waals surface area contributed by atoms with Gasteiger partial charge in [-0.3, -0.25) is 0 Å². The van der Waals surface area contributed by atoms with Crippen molar-refractivity contribution >= 4 is 21.6 Å². The smallest absolute Gasteiger partial charge is 0.130 e. The van der Waals surface area contributed by atoms with E-state index in [1.54, 1.807) is 17.5 Å². The Balaban J connectivity index is 1.53. The summed E-state index contributed by atoms with van der Waals surface area (Å²) in [5.41, 5.74) is 2.35. The molecule has 3 aromatic heterocycles. The van der Waals surface area contributed by atoms with E-state index in [-0.39, 0.29) is 0 Å². The Kier molecular flexibility index (Phi) is 3.86. The van der Waals surface area contributed by atoms with Crippen LogP contribution < -0.4 is 0 Å². The number of aromatic nitrogens is 4. The van der Waals surface area contributed by atoms with E-state index in [9.17, 15) is 0 Å². The van der Waals surface area contributed by atoms with Crippen LogP contribution in [0.2, 0.25) is 0 Å². The zero-order valence-electron chi connectivity index (χ0n) is 12.5. The number of fused-ring (bicyclic) bond motifs is 1. The number of benzene rings is 1. The molecule has 0 fully saturated rings. The Morgan fingerprint density at radius 1 is 1.17 bits per heavy atom. The molecule has 3 heterocycles. The van der Waals surface area contributed by atoms with Crippen molar-refractivity contribution in [2.75, 3.05) is 0 Å². The predicted octanol–water partition coefficient (Wildman–Crippen LogP) is 3.99. The van der Waals surface area contributed by atoms with Gasteiger partial charge in [-0.2, -0.15) is 0 Å². The lowest BCUT2D eigenvalue weighted by atomic mass is 10.1. The van der Waals surface area contributed by atoms with E-state index in [1.807, 2.05) is 30.7 Å². The number of imidazole rings is 1. The molecule has 23 heavy (non-hydrogen) atoms. The summed E-state index contributed by atoms with van der Waals surface area (Å²) >= 11 is 1.66. The van der Waals surface area contributed by atoms with Gasteiger partial charge in [-0.15, -0.1) is 11.3 Å². The monoisotopic (exact) mass is 319 g/mol. The van der Waals surface area contributed by atoms with Crippen LogP contribution in [0.1, 0.15) is 12.2 Å². The molecule has 0 bridgehead atoms. The first kappa shape index (κ1) is 14.1. The minimum atomic E-state index is 0.850. The largest absolute Gasteiger partial charge is 0.337 e. The summed E-state index contributed by atoms with van der Waals surface area (Å²) in [6, 6.07) is 10.3. The van der Waals surface area contributed by atoms with Crippen molar-refractivity contribution in [2.45, 2.75) is 19.4 Å². The first-order valence-corrected chi connectivity index (χ1v) is 8.45. The summed E-state index contributed by atoms with van der Waals surface area (Å²) in [4.78, 5) is 14.2. The average Bonchev–Trinajstić information content (AvgIpc) is 3.25. The first-order chi connectivity index (χ1) is 11.4. The maximum Gasteiger partial charge on any atom is 0.130 e. The van der Waals surface area contributed by atoms with Gasteiger partial charge < -0.3 is 4.57 Å². The molecule has 0 aliphatic carbocycles. The van der Waals surface area contributed by atoms with Gasteiger partial charge in [0.15, 0.2) is 0 Å². The van der Waals surface area contributed by atoms with Crippen LogP contribution in [0.5, 0.6) is 0 Å². The van der Waals surface area contributed by atoms with E-state index in [2.05, 4.69) is 38.2 Å². The Morgan fingerprint density at radius 3 is 2.91 bits per heavy atom. The fraction of sp³-hybridized carbons (Fsp3) is 0.167. The highest BCUT2D eigenvalue weighted by Gasteiger charge is 2.09. The lowest BCUT2D eigenvalue weighted by Gasteiger charge is -2.02. The Morgan fingerprint density at radius 2 is 2.09 bits per heavy atom. The molecule has 0 aliphatic heterocycles. The zero-order valence-corrected chi connectivity index (χ0v) is 13.3. The maximum absolute atomic E-state index is 4.69. The van der Waals surface area contributed by atoms with Gasteiger partial charge >= 0.3 is 0 Å². The van der Waals surface area contributed by atoms with E-state index < -0.39 is 0 Å². The number of aryl methyl sites for hydroxylation is 2. The molecular formula is C18H15N4S. The first-order valence-electron chi connectivity index (χ1n) is 7.57. The molecule has 4 rings (SSSR count). The van der Waals surface area contributed by atoms with E-state index in [0.29, 0.717) is 0 Å². The van der Waals surface area contributed by atoms with Gasteiger partial charge in [-0.1, -0.05) is 30.3 Å². The van der Waals surface area contributed by atoms with Crippen molar-refractivity contribution < 1.29 is 0 Å². The fourth-order valence-electron chi connectivity index (χ4n) is 2.58. The lowest BCUT2D eigenvalue weighted by molar-refractivity contribution is 0.629. The average molecular weight is 319 g/mol. The number of hydrogen-bond acceptors (Lipinski definition) is 4. The number of nitrogens with zero attached hydrogens (tertiary/aromatic N) is 4. The molecule has 0 unspecified atom stereocenters. The molecule has 0 aliphatic rings. The van der Waals surface area contributed by atoms with Crippen LogP contribution in [0.25, 0.3) is 21.3 Å². The number of rotatable bonds is 5. The van der Waals surface area contributed by atoms with Gasteiger partial charge in [0.05, 0.1) is 6.33 Å². The highest BCUT2D eigenvalue weighted by atomic mass is 32.1. The molecular weight excluding hydrogens is 304 g/mol. The topological polar surface area (TPSA) is 43.6 Å². The summed E-state index contributed by atoms with van der Waals surface area (Å²) in [6.07, 6.45) is 10.6. The van der Waals surface area contributed by atoms with Crippen molar-refractivity contribution in [1.29, 1.82) is 0 Å². The van der Waals surface area contributed by atoms with Gasteiger partial charge in [0.2, 0.25) is 0 Å². The van der Waals surface area contributed by atoms with Crippen LogP contribution in [-0.2, 0) is 13.0 Å². The summed E-state index contributed by atoms with van der Waals surface area (Å²) in [7, 11) is 0. The molecule has 0 N–H and O–H groups in total. The number of thiophene rings is 1. The summed E-state index contributed by atoms with van der Waals surface area (Å²) in [5, 5.41) is 3.15. The Hall–Kier alpha value is -2.53. The fourth-order valence-corrected chi connectivity index (χ4v) is 3.50. The van der Waals surface area contributed by atoms with Crippen molar-refractivity contribution in [3.05, 3.63) is 66.5 Å². The third kappa shape index (κ3) is 3.00. The standard InChI is InChI=1S/C18H15N4S/c1-2-5-14(6-3-1)16-12-23-18-15(16)11-20-17(21-18)7-4-9-22-10-8-19-13-22/h1-3,5-6,8,10,12-13H,4,7,9H2. The Bertz CT molecular complexity index is 897. The molecule has 0 saturated heterocycles. The third-order valence-corrected chi connectivity index (χ3v) is 4.63. The Labute approximate surface area is 138 Å². The van der Waals surface area contributed by atoms with Crippen LogP contribution in [0.4, 0.5) is 0 Å². The molecule has 0 amide bonds. The molecule has 0 saturated carbocycles.